The molecule has 3 rings (SSSR count). The van der Waals surface area contributed by atoms with E-state index in [9.17, 15) is 13.2 Å². The molecule has 0 saturated carbocycles. The number of carbonyl (C=O) groups excluding carboxylic acids is 1. The zero-order valence-electron chi connectivity index (χ0n) is 15.3. The molecule has 6 heteroatoms. The van der Waals surface area contributed by atoms with Gasteiger partial charge in [-0.05, 0) is 54.5 Å². The Balaban J connectivity index is 1.34. The van der Waals surface area contributed by atoms with E-state index in [0.717, 1.165) is 23.3 Å². The number of carbonyl (C=O) groups is 1. The van der Waals surface area contributed by atoms with Gasteiger partial charge in [0.25, 0.3) is 0 Å². The van der Waals surface area contributed by atoms with E-state index in [-0.39, 0.29) is 17.4 Å². The Labute approximate surface area is 165 Å². The molecule has 2 aromatic rings. The largest absolute Gasteiger partial charge is 0.355 e. The third kappa shape index (κ3) is 6.40. The standard InChI is InChI=1S/C21H25NO3S2/c23-21(15-26-20-11-10-18-8-4-9-19(18)14-20)22-12-5-13-27(24,25)16-17-6-2-1-3-7-17/h1-3,6-7,10-11,14H,4-5,8-9,12-13,15-16H2,(H,22,23). The summed E-state index contributed by atoms with van der Waals surface area (Å²) in [4.78, 5) is 13.1. The van der Waals surface area contributed by atoms with E-state index in [4.69, 9.17) is 0 Å². The van der Waals surface area contributed by atoms with Crippen LogP contribution < -0.4 is 5.32 Å². The molecule has 0 heterocycles. The second-order valence-electron chi connectivity index (χ2n) is 6.85. The normalized spacial score (nSPS) is 13.3. The molecule has 0 radical (unpaired) electrons. The molecule has 4 nitrogen and oxygen atoms in total. The van der Waals surface area contributed by atoms with Crippen molar-refractivity contribution in [3.05, 3.63) is 65.2 Å². The lowest BCUT2D eigenvalue weighted by Gasteiger charge is -2.07. The highest BCUT2D eigenvalue weighted by Crippen LogP contribution is 2.27. The molecule has 1 amide bonds. The van der Waals surface area contributed by atoms with Crippen LogP contribution in [0, 0.1) is 0 Å². The zero-order chi connectivity index (χ0) is 19.1. The van der Waals surface area contributed by atoms with E-state index < -0.39 is 9.84 Å². The summed E-state index contributed by atoms with van der Waals surface area (Å²) in [6.45, 7) is 0.387. The molecule has 2 aromatic carbocycles. The van der Waals surface area contributed by atoms with Gasteiger partial charge in [0.2, 0.25) is 5.91 Å². The molecule has 0 unspecified atom stereocenters. The lowest BCUT2D eigenvalue weighted by molar-refractivity contribution is -0.118. The van der Waals surface area contributed by atoms with Crippen LogP contribution in [0.25, 0.3) is 0 Å². The van der Waals surface area contributed by atoms with E-state index in [0.29, 0.717) is 18.7 Å². The van der Waals surface area contributed by atoms with E-state index >= 15 is 0 Å². The van der Waals surface area contributed by atoms with Gasteiger partial charge in [0, 0.05) is 11.4 Å². The number of fused-ring (bicyclic) bond motifs is 1. The number of aryl methyl sites for hydroxylation is 2. The highest BCUT2D eigenvalue weighted by atomic mass is 32.2. The molecule has 0 fully saturated rings. The van der Waals surface area contributed by atoms with Crippen molar-refractivity contribution < 1.29 is 13.2 Å². The van der Waals surface area contributed by atoms with Crippen LogP contribution in [0.4, 0.5) is 0 Å². The van der Waals surface area contributed by atoms with Crippen LogP contribution in [0.15, 0.2) is 53.4 Å². The first kappa shape index (κ1) is 20.0. The lowest BCUT2D eigenvalue weighted by Crippen LogP contribution is -2.27. The Bertz CT molecular complexity index is 880. The second-order valence-corrected chi connectivity index (χ2v) is 10.1. The van der Waals surface area contributed by atoms with Gasteiger partial charge in [0.15, 0.2) is 9.84 Å². The van der Waals surface area contributed by atoms with Crippen molar-refractivity contribution in [1.82, 2.24) is 5.32 Å². The second kappa shape index (κ2) is 9.42. The van der Waals surface area contributed by atoms with Crippen LogP contribution in [0.1, 0.15) is 29.5 Å². The van der Waals surface area contributed by atoms with Crippen LogP contribution in [-0.4, -0.2) is 32.4 Å². The van der Waals surface area contributed by atoms with Gasteiger partial charge in [0.05, 0.1) is 17.3 Å². The Kier molecular flexibility index (Phi) is 6.96. The maximum absolute atomic E-state index is 12.1. The van der Waals surface area contributed by atoms with Crippen LogP contribution in [0.2, 0.25) is 0 Å². The van der Waals surface area contributed by atoms with E-state index in [1.807, 2.05) is 30.3 Å². The number of hydrogen-bond donors (Lipinski definition) is 1. The number of rotatable bonds is 9. The van der Waals surface area contributed by atoms with Gasteiger partial charge in [-0.2, -0.15) is 0 Å². The highest BCUT2D eigenvalue weighted by Gasteiger charge is 2.13. The first-order valence-corrected chi connectivity index (χ1v) is 12.1. The van der Waals surface area contributed by atoms with Crippen molar-refractivity contribution in [3.63, 3.8) is 0 Å². The quantitative estimate of drug-likeness (QED) is 0.515. The van der Waals surface area contributed by atoms with Crippen LogP contribution in [-0.2, 0) is 33.2 Å². The average Bonchev–Trinajstić information content (AvgIpc) is 3.12. The number of nitrogens with one attached hydrogen (secondary N) is 1. The molecule has 1 aliphatic carbocycles. The molecule has 0 aromatic heterocycles. The number of sulfone groups is 1. The Morgan fingerprint density at radius 2 is 1.81 bits per heavy atom. The molecular formula is C21H25NO3S2. The Hall–Kier alpha value is -1.79. The summed E-state index contributed by atoms with van der Waals surface area (Å²) in [5.74, 6) is 0.437. The van der Waals surface area contributed by atoms with E-state index in [2.05, 4.69) is 23.5 Å². The maximum Gasteiger partial charge on any atom is 0.230 e. The number of thioether (sulfide) groups is 1. The molecule has 0 saturated heterocycles. The molecule has 0 atom stereocenters. The number of hydrogen-bond acceptors (Lipinski definition) is 4. The van der Waals surface area contributed by atoms with Gasteiger partial charge in [-0.15, -0.1) is 11.8 Å². The summed E-state index contributed by atoms with van der Waals surface area (Å²) < 4.78 is 24.3. The van der Waals surface area contributed by atoms with Crippen molar-refractivity contribution in [3.8, 4) is 0 Å². The SMILES string of the molecule is O=C(CSc1ccc2c(c1)CCC2)NCCCS(=O)(=O)Cc1ccccc1. The monoisotopic (exact) mass is 403 g/mol. The summed E-state index contributed by atoms with van der Waals surface area (Å²) in [6, 6.07) is 15.6. The first-order valence-electron chi connectivity index (χ1n) is 9.27. The van der Waals surface area contributed by atoms with Crippen LogP contribution >= 0.6 is 11.8 Å². The molecule has 0 aliphatic heterocycles. The van der Waals surface area contributed by atoms with Crippen molar-refractivity contribution >= 4 is 27.5 Å². The summed E-state index contributed by atoms with van der Waals surface area (Å²) in [5.41, 5.74) is 3.64. The van der Waals surface area contributed by atoms with Gasteiger partial charge in [-0.1, -0.05) is 36.4 Å². The minimum Gasteiger partial charge on any atom is -0.355 e. The van der Waals surface area contributed by atoms with E-state index in [1.165, 1.54) is 29.3 Å². The van der Waals surface area contributed by atoms with Gasteiger partial charge in [0.1, 0.15) is 0 Å². The molecule has 27 heavy (non-hydrogen) atoms. The number of benzene rings is 2. The fraction of sp³-hybridized carbons (Fsp3) is 0.381. The van der Waals surface area contributed by atoms with Crippen molar-refractivity contribution in [1.29, 1.82) is 0 Å². The maximum atomic E-state index is 12.1. The van der Waals surface area contributed by atoms with E-state index in [1.54, 1.807) is 0 Å². The lowest BCUT2D eigenvalue weighted by atomic mass is 10.1. The summed E-state index contributed by atoms with van der Waals surface area (Å²) >= 11 is 1.53. The van der Waals surface area contributed by atoms with Crippen LogP contribution in [0.5, 0.6) is 0 Å². The fourth-order valence-electron chi connectivity index (χ4n) is 3.26. The molecule has 144 valence electrons. The number of amides is 1. The van der Waals surface area contributed by atoms with Gasteiger partial charge in [-0.3, -0.25) is 4.79 Å². The third-order valence-corrected chi connectivity index (χ3v) is 7.30. The highest BCUT2D eigenvalue weighted by molar-refractivity contribution is 8.00. The zero-order valence-corrected chi connectivity index (χ0v) is 16.9. The predicted molar refractivity (Wildman–Crippen MR) is 111 cm³/mol. The summed E-state index contributed by atoms with van der Waals surface area (Å²) in [6.07, 6.45) is 3.95. The fourth-order valence-corrected chi connectivity index (χ4v) is 5.48. The van der Waals surface area contributed by atoms with Crippen molar-refractivity contribution in [2.45, 2.75) is 36.3 Å². The minimum atomic E-state index is -3.15. The molecule has 0 bridgehead atoms. The third-order valence-electron chi connectivity index (χ3n) is 4.62. The van der Waals surface area contributed by atoms with Crippen molar-refractivity contribution in [2.24, 2.45) is 0 Å². The summed E-state index contributed by atoms with van der Waals surface area (Å²) in [5, 5.41) is 2.82. The average molecular weight is 404 g/mol. The van der Waals surface area contributed by atoms with Crippen molar-refractivity contribution in [2.75, 3.05) is 18.1 Å². The molecule has 1 N–H and O–H groups in total. The topological polar surface area (TPSA) is 63.2 Å². The smallest absolute Gasteiger partial charge is 0.230 e. The van der Waals surface area contributed by atoms with Gasteiger partial charge >= 0.3 is 0 Å². The summed E-state index contributed by atoms with van der Waals surface area (Å²) in [7, 11) is -3.15. The minimum absolute atomic E-state index is 0.0516. The molecule has 1 aliphatic rings. The van der Waals surface area contributed by atoms with Gasteiger partial charge < -0.3 is 5.32 Å². The van der Waals surface area contributed by atoms with Gasteiger partial charge in [-0.25, -0.2) is 8.42 Å². The first-order chi connectivity index (χ1) is 13.0. The Morgan fingerprint density at radius 1 is 1.04 bits per heavy atom. The molecular weight excluding hydrogens is 378 g/mol. The predicted octanol–water partition coefficient (Wildman–Crippen LogP) is 3.39. The Morgan fingerprint density at radius 3 is 2.63 bits per heavy atom. The molecule has 0 spiro atoms. The van der Waals surface area contributed by atoms with Crippen LogP contribution in [0.3, 0.4) is 0 Å².